The van der Waals surface area contributed by atoms with E-state index >= 15 is 0 Å². The standard InChI is InChI=1S/C35H27NO5/c1-19-11-13-21(14-12-19)32(37)20(2)41-35(40)22-15-17-23(18-16-22)36-33(38)30-28-24-7-3-4-8-25(24)29(31(30)34(36)39)27-10-6-5-9-26(27)28/h3-18,20,28-31H,1-2H3/t20-,28?,29?,30+,31+/m1/s1. The van der Waals surface area contributed by atoms with E-state index in [-0.39, 0.29) is 35.0 Å². The maximum absolute atomic E-state index is 13.9. The highest BCUT2D eigenvalue weighted by Crippen LogP contribution is 2.61. The Balaban J connectivity index is 1.14. The lowest BCUT2D eigenvalue weighted by Gasteiger charge is -2.45. The van der Waals surface area contributed by atoms with Crippen LogP contribution in [0.1, 0.15) is 67.3 Å². The molecule has 8 rings (SSSR count). The van der Waals surface area contributed by atoms with Gasteiger partial charge in [-0.2, -0.15) is 0 Å². The second kappa shape index (κ2) is 9.37. The zero-order valence-corrected chi connectivity index (χ0v) is 22.6. The average molecular weight is 542 g/mol. The molecule has 1 aliphatic heterocycles. The summed E-state index contributed by atoms with van der Waals surface area (Å²) in [6, 6.07) is 29.6. The largest absolute Gasteiger partial charge is 0.451 e. The van der Waals surface area contributed by atoms with Crippen LogP contribution in [0.3, 0.4) is 0 Å². The summed E-state index contributed by atoms with van der Waals surface area (Å²) in [6.45, 7) is 3.48. The summed E-state index contributed by atoms with van der Waals surface area (Å²) >= 11 is 0. The molecule has 0 saturated carbocycles. The van der Waals surface area contributed by atoms with Crippen LogP contribution in [0.2, 0.25) is 0 Å². The first-order chi connectivity index (χ1) is 19.8. The Kier molecular flexibility index (Phi) is 5.75. The highest BCUT2D eigenvalue weighted by molar-refractivity contribution is 6.23. The topological polar surface area (TPSA) is 80.8 Å². The zero-order valence-electron chi connectivity index (χ0n) is 22.6. The first kappa shape index (κ1) is 25.1. The Morgan fingerprint density at radius 3 is 1.56 bits per heavy atom. The van der Waals surface area contributed by atoms with Crippen LogP contribution in [0, 0.1) is 18.8 Å². The minimum Gasteiger partial charge on any atom is -0.451 e. The van der Waals surface area contributed by atoms with E-state index in [0.29, 0.717) is 11.3 Å². The molecule has 0 radical (unpaired) electrons. The monoisotopic (exact) mass is 541 g/mol. The predicted molar refractivity (Wildman–Crippen MR) is 153 cm³/mol. The second-order valence-electron chi connectivity index (χ2n) is 11.1. The van der Waals surface area contributed by atoms with E-state index in [0.717, 1.165) is 27.8 Å². The van der Waals surface area contributed by atoms with Crippen LogP contribution in [-0.2, 0) is 14.3 Å². The van der Waals surface area contributed by atoms with E-state index in [9.17, 15) is 19.2 Å². The fourth-order valence-corrected chi connectivity index (χ4v) is 6.91. The number of carbonyl (C=O) groups is 4. The number of anilines is 1. The first-order valence-corrected chi connectivity index (χ1v) is 13.8. The normalized spacial score (nSPS) is 22.5. The lowest BCUT2D eigenvalue weighted by Crippen LogP contribution is -2.41. The van der Waals surface area contributed by atoms with Gasteiger partial charge in [0.15, 0.2) is 6.10 Å². The fourth-order valence-electron chi connectivity index (χ4n) is 6.91. The number of aryl methyl sites for hydroxylation is 1. The van der Waals surface area contributed by atoms with Gasteiger partial charge in [-0.3, -0.25) is 14.4 Å². The predicted octanol–water partition coefficient (Wildman–Crippen LogP) is 5.82. The molecule has 4 aliphatic rings. The van der Waals surface area contributed by atoms with Gasteiger partial charge in [0.1, 0.15) is 0 Å². The molecule has 0 aromatic heterocycles. The summed E-state index contributed by atoms with van der Waals surface area (Å²) < 4.78 is 5.44. The van der Waals surface area contributed by atoms with Crippen molar-refractivity contribution in [3.05, 3.63) is 136 Å². The number of Topliss-reactive ketones (excluding diaryl/α,β-unsaturated/α-hetero) is 1. The number of ether oxygens (including phenoxy) is 1. The van der Waals surface area contributed by atoms with Crippen molar-refractivity contribution < 1.29 is 23.9 Å². The molecule has 6 nitrogen and oxygen atoms in total. The van der Waals surface area contributed by atoms with Crippen LogP contribution in [0.5, 0.6) is 0 Å². The van der Waals surface area contributed by atoms with Gasteiger partial charge >= 0.3 is 5.97 Å². The van der Waals surface area contributed by atoms with Crippen molar-refractivity contribution in [1.82, 2.24) is 0 Å². The van der Waals surface area contributed by atoms with Crippen LogP contribution >= 0.6 is 0 Å². The average Bonchev–Trinajstić information content (AvgIpc) is 3.27. The van der Waals surface area contributed by atoms with E-state index in [1.165, 1.54) is 17.0 Å². The smallest absolute Gasteiger partial charge is 0.338 e. The SMILES string of the molecule is Cc1ccc(C(=O)[C@@H](C)OC(=O)c2ccc(N3C(=O)[C@H]4C5c6ccccc6C(c6ccccc65)[C@@H]4C3=O)cc2)cc1. The summed E-state index contributed by atoms with van der Waals surface area (Å²) in [6.07, 6.45) is -0.964. The number of ketones is 1. The van der Waals surface area contributed by atoms with Gasteiger partial charge in [0.25, 0.3) is 0 Å². The number of amides is 2. The summed E-state index contributed by atoms with van der Waals surface area (Å²) in [4.78, 5) is 54.7. The van der Waals surface area contributed by atoms with E-state index < -0.39 is 23.9 Å². The van der Waals surface area contributed by atoms with Crippen molar-refractivity contribution in [3.8, 4) is 0 Å². The van der Waals surface area contributed by atoms with Gasteiger partial charge in [-0.15, -0.1) is 0 Å². The van der Waals surface area contributed by atoms with E-state index in [4.69, 9.17) is 4.74 Å². The molecular formula is C35H27NO5. The number of imide groups is 1. The molecule has 3 aliphatic carbocycles. The van der Waals surface area contributed by atoms with Crippen LogP contribution in [0.15, 0.2) is 97.1 Å². The molecule has 3 atom stereocenters. The minimum atomic E-state index is -0.964. The quantitative estimate of drug-likeness (QED) is 0.181. The van der Waals surface area contributed by atoms with Crippen LogP contribution in [0.4, 0.5) is 5.69 Å². The van der Waals surface area contributed by atoms with Crippen LogP contribution in [-0.4, -0.2) is 29.7 Å². The van der Waals surface area contributed by atoms with Crippen molar-refractivity contribution >= 4 is 29.3 Å². The third kappa shape index (κ3) is 3.78. The highest BCUT2D eigenvalue weighted by atomic mass is 16.5. The van der Waals surface area contributed by atoms with Crippen molar-refractivity contribution in [1.29, 1.82) is 0 Å². The number of rotatable bonds is 5. The number of carbonyl (C=O) groups excluding carboxylic acids is 4. The summed E-state index contributed by atoms with van der Waals surface area (Å²) in [7, 11) is 0. The third-order valence-electron chi connectivity index (χ3n) is 8.80. The number of hydrogen-bond donors (Lipinski definition) is 0. The lowest BCUT2D eigenvalue weighted by molar-refractivity contribution is -0.122. The molecule has 4 aromatic rings. The maximum Gasteiger partial charge on any atom is 0.338 e. The summed E-state index contributed by atoms with van der Waals surface area (Å²) in [5.41, 5.74) is 6.62. The molecule has 202 valence electrons. The molecule has 0 unspecified atom stereocenters. The number of benzene rings is 4. The highest BCUT2D eigenvalue weighted by Gasteiger charge is 2.61. The van der Waals surface area contributed by atoms with Gasteiger partial charge in [-0.05, 0) is 60.4 Å². The Hall–Kier alpha value is -4.84. The first-order valence-electron chi connectivity index (χ1n) is 13.8. The molecular weight excluding hydrogens is 514 g/mol. The fraction of sp³-hybridized carbons (Fsp3) is 0.200. The van der Waals surface area contributed by atoms with Crippen molar-refractivity contribution in [3.63, 3.8) is 0 Å². The van der Waals surface area contributed by atoms with Crippen molar-refractivity contribution in [2.75, 3.05) is 4.90 Å². The molecule has 4 aromatic carbocycles. The van der Waals surface area contributed by atoms with Gasteiger partial charge in [0.2, 0.25) is 17.6 Å². The maximum atomic E-state index is 13.9. The van der Waals surface area contributed by atoms with Gasteiger partial charge in [-0.25, -0.2) is 9.69 Å². The Morgan fingerprint density at radius 2 is 1.10 bits per heavy atom. The van der Waals surface area contributed by atoms with Crippen LogP contribution in [0.25, 0.3) is 0 Å². The van der Waals surface area contributed by atoms with E-state index in [1.807, 2.05) is 43.3 Å². The molecule has 2 bridgehead atoms. The van der Waals surface area contributed by atoms with Gasteiger partial charge in [-0.1, -0.05) is 78.4 Å². The lowest BCUT2D eigenvalue weighted by atomic mass is 9.55. The van der Waals surface area contributed by atoms with E-state index in [1.54, 1.807) is 31.2 Å². The van der Waals surface area contributed by atoms with Gasteiger partial charge in [0.05, 0.1) is 23.1 Å². The molecule has 0 N–H and O–H groups in total. The Bertz CT molecular complexity index is 1620. The summed E-state index contributed by atoms with van der Waals surface area (Å²) in [5, 5.41) is 0. The van der Waals surface area contributed by atoms with Gasteiger partial charge < -0.3 is 4.74 Å². The Labute approximate surface area is 237 Å². The third-order valence-corrected chi connectivity index (χ3v) is 8.80. The summed E-state index contributed by atoms with van der Waals surface area (Å²) in [5.74, 6) is -2.69. The minimum absolute atomic E-state index is 0.180. The van der Waals surface area contributed by atoms with Crippen molar-refractivity contribution in [2.24, 2.45) is 11.8 Å². The number of nitrogens with zero attached hydrogens (tertiary/aromatic N) is 1. The number of hydrogen-bond acceptors (Lipinski definition) is 5. The molecule has 6 heteroatoms. The van der Waals surface area contributed by atoms with Crippen LogP contribution < -0.4 is 4.90 Å². The molecule has 0 spiro atoms. The molecule has 1 fully saturated rings. The zero-order chi connectivity index (χ0) is 28.4. The molecule has 1 saturated heterocycles. The van der Waals surface area contributed by atoms with Crippen molar-refractivity contribution in [2.45, 2.75) is 31.8 Å². The molecule has 2 amide bonds. The van der Waals surface area contributed by atoms with Gasteiger partial charge in [0, 0.05) is 17.4 Å². The number of esters is 1. The second-order valence-corrected chi connectivity index (χ2v) is 11.1. The van der Waals surface area contributed by atoms with E-state index in [2.05, 4.69) is 24.3 Å². The molecule has 41 heavy (non-hydrogen) atoms. The Morgan fingerprint density at radius 1 is 0.659 bits per heavy atom. The molecule has 1 heterocycles.